The minimum Gasteiger partial charge on any atom is -0.444 e. The van der Waals surface area contributed by atoms with Gasteiger partial charge >= 0.3 is 12.2 Å². The molecule has 0 saturated carbocycles. The number of carbonyl (C=O) groups is 2. The number of nitrogens with zero attached hydrogens (tertiary/aromatic N) is 1. The largest absolute Gasteiger partial charge is 0.444 e. The molecule has 0 radical (unpaired) electrons. The zero-order valence-corrected chi connectivity index (χ0v) is 14.6. The Hall–Kier alpha value is -1.50. The number of hydrogen-bond donors (Lipinski definition) is 1. The molecule has 1 heterocycles. The van der Waals surface area contributed by atoms with Gasteiger partial charge in [-0.3, -0.25) is 0 Å². The minimum absolute atomic E-state index is 0.292. The average molecular weight is 316 g/mol. The summed E-state index contributed by atoms with van der Waals surface area (Å²) >= 11 is 0. The monoisotopic (exact) mass is 316 g/mol. The molecule has 0 aliphatic carbocycles. The summed E-state index contributed by atoms with van der Waals surface area (Å²) < 4.78 is 15.9. The first kappa shape index (κ1) is 18.5. The van der Waals surface area contributed by atoms with Crippen LogP contribution in [-0.2, 0) is 14.2 Å². The lowest BCUT2D eigenvalue weighted by atomic mass is 10.2. The van der Waals surface area contributed by atoms with Crippen molar-refractivity contribution in [2.75, 3.05) is 20.2 Å². The Morgan fingerprint density at radius 3 is 2.00 bits per heavy atom. The number of ether oxygens (including phenoxy) is 3. The summed E-state index contributed by atoms with van der Waals surface area (Å²) in [6, 6.07) is -0.327. The van der Waals surface area contributed by atoms with Crippen LogP contribution in [0.25, 0.3) is 0 Å². The Labute approximate surface area is 132 Å². The normalized spacial score (nSPS) is 22.4. The van der Waals surface area contributed by atoms with E-state index in [1.807, 2.05) is 20.8 Å². The Morgan fingerprint density at radius 1 is 1.00 bits per heavy atom. The number of rotatable bonds is 2. The molecular weight excluding hydrogens is 288 g/mol. The van der Waals surface area contributed by atoms with Crippen LogP contribution in [0, 0.1) is 0 Å². The summed E-state index contributed by atoms with van der Waals surface area (Å²) in [6.07, 6.45) is -1.23. The fourth-order valence-corrected chi connectivity index (χ4v) is 2.09. The van der Waals surface area contributed by atoms with Crippen molar-refractivity contribution in [2.45, 2.75) is 64.9 Å². The van der Waals surface area contributed by atoms with Crippen LogP contribution in [0.3, 0.4) is 0 Å². The molecule has 128 valence electrons. The van der Waals surface area contributed by atoms with E-state index >= 15 is 0 Å². The highest BCUT2D eigenvalue weighted by Gasteiger charge is 2.38. The van der Waals surface area contributed by atoms with Crippen LogP contribution in [0.5, 0.6) is 0 Å². The van der Waals surface area contributed by atoms with E-state index in [9.17, 15) is 9.59 Å². The molecule has 0 spiro atoms. The third kappa shape index (κ3) is 6.09. The van der Waals surface area contributed by atoms with E-state index in [0.717, 1.165) is 0 Å². The van der Waals surface area contributed by atoms with E-state index in [1.165, 1.54) is 4.90 Å². The molecule has 0 aromatic heterocycles. The molecule has 7 heteroatoms. The standard InChI is InChI=1S/C15H28N2O5/c1-14(2,3)21-12(18)16-10-8-17(9-11(10)20-7)13(19)22-15(4,5)6/h10-11H,8-9H2,1-7H3,(H,16,18). The van der Waals surface area contributed by atoms with Gasteiger partial charge in [0.05, 0.1) is 18.7 Å². The van der Waals surface area contributed by atoms with Crippen LogP contribution in [0.4, 0.5) is 9.59 Å². The van der Waals surface area contributed by atoms with Gasteiger partial charge in [-0.05, 0) is 41.5 Å². The van der Waals surface area contributed by atoms with Crippen molar-refractivity contribution >= 4 is 12.2 Å². The Bertz CT molecular complexity index is 411. The maximum atomic E-state index is 12.1. The number of amides is 2. The maximum Gasteiger partial charge on any atom is 0.410 e. The zero-order chi connectivity index (χ0) is 17.1. The van der Waals surface area contributed by atoms with Gasteiger partial charge in [-0.25, -0.2) is 9.59 Å². The SMILES string of the molecule is COC1CN(C(=O)OC(C)(C)C)CC1NC(=O)OC(C)(C)C. The first-order valence-corrected chi connectivity index (χ1v) is 7.41. The van der Waals surface area contributed by atoms with Gasteiger partial charge in [0.25, 0.3) is 0 Å². The number of likely N-dealkylation sites (tertiary alicyclic amines) is 1. The quantitative estimate of drug-likeness (QED) is 0.844. The third-order valence-electron chi connectivity index (χ3n) is 2.92. The number of methoxy groups -OCH3 is 1. The number of alkyl carbamates (subject to hydrolysis) is 1. The van der Waals surface area contributed by atoms with Gasteiger partial charge in [0, 0.05) is 13.7 Å². The second-order valence-corrected chi connectivity index (χ2v) is 7.41. The van der Waals surface area contributed by atoms with E-state index in [2.05, 4.69) is 5.32 Å². The molecule has 1 fully saturated rings. The second kappa shape index (κ2) is 6.73. The van der Waals surface area contributed by atoms with Crippen molar-refractivity contribution < 1.29 is 23.8 Å². The molecule has 0 aromatic carbocycles. The smallest absolute Gasteiger partial charge is 0.410 e. The van der Waals surface area contributed by atoms with Gasteiger partial charge in [-0.15, -0.1) is 0 Å². The van der Waals surface area contributed by atoms with Crippen LogP contribution in [0.1, 0.15) is 41.5 Å². The first-order chi connectivity index (χ1) is 9.91. The lowest BCUT2D eigenvalue weighted by Crippen LogP contribution is -2.46. The highest BCUT2D eigenvalue weighted by Crippen LogP contribution is 2.18. The van der Waals surface area contributed by atoms with Gasteiger partial charge in [0.15, 0.2) is 0 Å². The summed E-state index contributed by atoms with van der Waals surface area (Å²) in [5.41, 5.74) is -1.13. The van der Waals surface area contributed by atoms with Gasteiger partial charge in [-0.1, -0.05) is 0 Å². The second-order valence-electron chi connectivity index (χ2n) is 7.41. The Morgan fingerprint density at radius 2 is 1.55 bits per heavy atom. The molecule has 0 aromatic rings. The summed E-state index contributed by atoms with van der Waals surface area (Å²) in [4.78, 5) is 25.5. The van der Waals surface area contributed by atoms with Crippen LogP contribution >= 0.6 is 0 Å². The summed E-state index contributed by atoms with van der Waals surface area (Å²) in [5, 5.41) is 2.75. The molecule has 1 aliphatic heterocycles. The van der Waals surface area contributed by atoms with Crippen LogP contribution in [0.2, 0.25) is 0 Å². The molecule has 1 saturated heterocycles. The zero-order valence-electron chi connectivity index (χ0n) is 14.6. The van der Waals surface area contributed by atoms with E-state index in [4.69, 9.17) is 14.2 Å². The van der Waals surface area contributed by atoms with E-state index in [-0.39, 0.29) is 12.1 Å². The Kier molecular flexibility index (Phi) is 5.67. The molecule has 2 atom stereocenters. The summed E-state index contributed by atoms with van der Waals surface area (Å²) in [7, 11) is 1.55. The predicted molar refractivity (Wildman–Crippen MR) is 81.8 cm³/mol. The molecule has 22 heavy (non-hydrogen) atoms. The lowest BCUT2D eigenvalue weighted by molar-refractivity contribution is 0.0252. The average Bonchev–Trinajstić information content (AvgIpc) is 2.67. The third-order valence-corrected chi connectivity index (χ3v) is 2.92. The topological polar surface area (TPSA) is 77.1 Å². The van der Waals surface area contributed by atoms with Crippen molar-refractivity contribution in [3.05, 3.63) is 0 Å². The van der Waals surface area contributed by atoms with Crippen LogP contribution in [0.15, 0.2) is 0 Å². The van der Waals surface area contributed by atoms with Gasteiger partial charge in [0.1, 0.15) is 11.2 Å². The number of hydrogen-bond acceptors (Lipinski definition) is 5. The summed E-state index contributed by atoms with van der Waals surface area (Å²) in [5.74, 6) is 0. The molecule has 1 aliphatic rings. The highest BCUT2D eigenvalue weighted by molar-refractivity contribution is 5.70. The molecule has 1 rings (SSSR count). The van der Waals surface area contributed by atoms with Gasteiger partial charge < -0.3 is 24.4 Å². The van der Waals surface area contributed by atoms with E-state index in [1.54, 1.807) is 27.9 Å². The van der Waals surface area contributed by atoms with Crippen molar-refractivity contribution in [3.63, 3.8) is 0 Å². The van der Waals surface area contributed by atoms with Crippen molar-refractivity contribution in [1.29, 1.82) is 0 Å². The lowest BCUT2D eigenvalue weighted by Gasteiger charge is -2.24. The van der Waals surface area contributed by atoms with Gasteiger partial charge in [-0.2, -0.15) is 0 Å². The van der Waals surface area contributed by atoms with Crippen molar-refractivity contribution in [2.24, 2.45) is 0 Å². The highest BCUT2D eigenvalue weighted by atomic mass is 16.6. The molecule has 7 nitrogen and oxygen atoms in total. The molecule has 1 N–H and O–H groups in total. The predicted octanol–water partition coefficient (Wildman–Crippen LogP) is 2.15. The number of nitrogens with one attached hydrogen (secondary N) is 1. The molecule has 2 unspecified atom stereocenters. The van der Waals surface area contributed by atoms with Crippen molar-refractivity contribution in [1.82, 2.24) is 10.2 Å². The van der Waals surface area contributed by atoms with Crippen LogP contribution in [-0.4, -0.2) is 60.6 Å². The maximum absolute atomic E-state index is 12.1. The molecular formula is C15H28N2O5. The van der Waals surface area contributed by atoms with E-state index < -0.39 is 23.4 Å². The first-order valence-electron chi connectivity index (χ1n) is 7.41. The minimum atomic E-state index is -0.573. The number of carbonyl (C=O) groups excluding carboxylic acids is 2. The summed E-state index contributed by atoms with van der Waals surface area (Å²) in [6.45, 7) is 11.5. The van der Waals surface area contributed by atoms with E-state index in [0.29, 0.717) is 13.1 Å². The fraction of sp³-hybridized carbons (Fsp3) is 0.867. The Balaban J connectivity index is 2.62. The van der Waals surface area contributed by atoms with Gasteiger partial charge in [0.2, 0.25) is 0 Å². The van der Waals surface area contributed by atoms with Crippen molar-refractivity contribution in [3.8, 4) is 0 Å². The fourth-order valence-electron chi connectivity index (χ4n) is 2.09. The van der Waals surface area contributed by atoms with Crippen LogP contribution < -0.4 is 5.32 Å². The molecule has 0 bridgehead atoms. The molecule has 2 amide bonds.